The number of benzene rings is 2. The molecule has 0 aliphatic heterocycles. The number of hydrogen-bond donors (Lipinski definition) is 1. The zero-order chi connectivity index (χ0) is 19.6. The molecule has 28 heavy (non-hydrogen) atoms. The average molecular weight is 370 g/mol. The van der Waals surface area contributed by atoms with Gasteiger partial charge in [0.2, 0.25) is 5.91 Å². The second-order valence-electron chi connectivity index (χ2n) is 6.72. The molecule has 1 amide bonds. The number of rotatable bonds is 8. The third-order valence-electron chi connectivity index (χ3n) is 4.56. The van der Waals surface area contributed by atoms with Crippen molar-refractivity contribution in [2.45, 2.75) is 32.6 Å². The molecular formula is C25H26N2O. The van der Waals surface area contributed by atoms with Crippen molar-refractivity contribution in [1.82, 2.24) is 4.98 Å². The van der Waals surface area contributed by atoms with Crippen molar-refractivity contribution in [3.8, 4) is 0 Å². The predicted octanol–water partition coefficient (Wildman–Crippen LogP) is 6.39. The van der Waals surface area contributed by atoms with E-state index in [9.17, 15) is 4.79 Å². The van der Waals surface area contributed by atoms with Gasteiger partial charge in [-0.25, -0.2) is 0 Å². The third-order valence-corrected chi connectivity index (χ3v) is 4.56. The number of amides is 1. The number of aromatic nitrogens is 1. The molecule has 0 radical (unpaired) electrons. The van der Waals surface area contributed by atoms with Crippen LogP contribution in [0.5, 0.6) is 0 Å². The summed E-state index contributed by atoms with van der Waals surface area (Å²) < 4.78 is 0. The number of nitrogens with zero attached hydrogens (tertiary/aromatic N) is 1. The zero-order valence-electron chi connectivity index (χ0n) is 16.3. The zero-order valence-corrected chi connectivity index (χ0v) is 16.3. The van der Waals surface area contributed by atoms with E-state index in [-0.39, 0.29) is 5.91 Å². The first kappa shape index (κ1) is 19.6. The van der Waals surface area contributed by atoms with E-state index < -0.39 is 0 Å². The Bertz CT molecular complexity index is 969. The van der Waals surface area contributed by atoms with Crippen molar-refractivity contribution >= 4 is 28.6 Å². The largest absolute Gasteiger partial charge is 0.324 e. The van der Waals surface area contributed by atoms with Gasteiger partial charge in [-0.1, -0.05) is 79.3 Å². The molecule has 2 aromatic carbocycles. The molecule has 0 saturated carbocycles. The Hall–Kier alpha value is -3.20. The molecule has 3 nitrogen and oxygen atoms in total. The Morgan fingerprint density at radius 1 is 1.00 bits per heavy atom. The van der Waals surface area contributed by atoms with Gasteiger partial charge < -0.3 is 5.32 Å². The van der Waals surface area contributed by atoms with Crippen LogP contribution in [0.1, 0.15) is 38.2 Å². The van der Waals surface area contributed by atoms with Crippen molar-refractivity contribution in [2.24, 2.45) is 0 Å². The summed E-state index contributed by atoms with van der Waals surface area (Å²) in [6.45, 7) is 2.13. The van der Waals surface area contributed by atoms with Crippen LogP contribution < -0.4 is 5.32 Å². The van der Waals surface area contributed by atoms with Crippen molar-refractivity contribution in [3.05, 3.63) is 90.1 Å². The van der Waals surface area contributed by atoms with E-state index in [2.05, 4.69) is 47.6 Å². The number of para-hydroxylation sites is 1. The molecule has 1 N–H and O–H groups in total. The van der Waals surface area contributed by atoms with Gasteiger partial charge in [0.25, 0.3) is 0 Å². The Kier molecular flexibility index (Phi) is 7.14. The van der Waals surface area contributed by atoms with Crippen molar-refractivity contribution in [1.29, 1.82) is 0 Å². The van der Waals surface area contributed by atoms with E-state index >= 15 is 0 Å². The molecule has 0 spiro atoms. The molecule has 3 rings (SSSR count). The number of nitrogens with one attached hydrogen (secondary N) is 1. The first-order valence-corrected chi connectivity index (χ1v) is 9.79. The summed E-state index contributed by atoms with van der Waals surface area (Å²) in [6.07, 6.45) is 11.3. The Balaban J connectivity index is 1.56. The summed E-state index contributed by atoms with van der Waals surface area (Å²) in [4.78, 5) is 16.9. The Labute approximate surface area is 166 Å². The third kappa shape index (κ3) is 5.65. The van der Waals surface area contributed by atoms with E-state index in [0.717, 1.165) is 35.9 Å². The summed E-state index contributed by atoms with van der Waals surface area (Å²) in [7, 11) is 0. The van der Waals surface area contributed by atoms with Gasteiger partial charge in [-0.15, -0.1) is 0 Å². The second kappa shape index (κ2) is 10.2. The normalized spacial score (nSPS) is 11.8. The lowest BCUT2D eigenvalue weighted by molar-refractivity contribution is -0.116. The van der Waals surface area contributed by atoms with Gasteiger partial charge >= 0.3 is 0 Å². The van der Waals surface area contributed by atoms with Crippen LogP contribution in [0.3, 0.4) is 0 Å². The number of carbonyl (C=O) groups is 1. The highest BCUT2D eigenvalue weighted by atomic mass is 16.1. The maximum atomic E-state index is 12.5. The molecule has 0 aliphatic carbocycles. The molecule has 0 atom stereocenters. The average Bonchev–Trinajstić information content (AvgIpc) is 2.73. The van der Waals surface area contributed by atoms with Gasteiger partial charge in [0, 0.05) is 18.0 Å². The molecule has 142 valence electrons. The number of anilines is 1. The predicted molar refractivity (Wildman–Crippen MR) is 118 cm³/mol. The summed E-state index contributed by atoms with van der Waals surface area (Å²) >= 11 is 0. The summed E-state index contributed by atoms with van der Waals surface area (Å²) in [6, 6.07) is 20.0. The number of carbonyl (C=O) groups excluding carboxylic acids is 1. The molecule has 1 aromatic heterocycles. The van der Waals surface area contributed by atoms with Crippen molar-refractivity contribution < 1.29 is 4.79 Å². The van der Waals surface area contributed by atoms with Crippen LogP contribution in [0.4, 0.5) is 5.69 Å². The smallest absolute Gasteiger partial charge is 0.224 e. The molecule has 1 heterocycles. The molecule has 0 aliphatic rings. The fourth-order valence-electron chi connectivity index (χ4n) is 3.18. The topological polar surface area (TPSA) is 42.0 Å². The van der Waals surface area contributed by atoms with E-state index in [1.165, 1.54) is 11.1 Å². The number of allylic oxidation sites excluding steroid dienone is 3. The monoisotopic (exact) mass is 370 g/mol. The summed E-state index contributed by atoms with van der Waals surface area (Å²) in [5.74, 6) is 0.0206. The molecule has 0 bridgehead atoms. The molecule has 0 fully saturated rings. The number of pyridine rings is 1. The van der Waals surface area contributed by atoms with Gasteiger partial charge in [-0.05, 0) is 37.0 Å². The van der Waals surface area contributed by atoms with Gasteiger partial charge in [0.1, 0.15) is 0 Å². The van der Waals surface area contributed by atoms with Crippen LogP contribution in [-0.2, 0) is 4.79 Å². The van der Waals surface area contributed by atoms with E-state index in [0.29, 0.717) is 6.42 Å². The Morgan fingerprint density at radius 2 is 1.82 bits per heavy atom. The molecule has 3 heteroatoms. The minimum Gasteiger partial charge on any atom is -0.324 e. The standard InChI is InChI=1S/C25H26N2O/c1-2-9-20(12-6-13-21-10-4-3-5-11-21)17-18-24(28)27-23-16-7-14-22-15-8-19-26-25(22)23/h3-11,13-16,19H,2,12,17-18H2,1H3,(H,27,28)/b13-6?,20-9-. The number of fused-ring (bicyclic) bond motifs is 1. The second-order valence-corrected chi connectivity index (χ2v) is 6.72. The molecule has 3 aromatic rings. The van der Waals surface area contributed by atoms with E-state index in [4.69, 9.17) is 0 Å². The Morgan fingerprint density at radius 3 is 2.64 bits per heavy atom. The van der Waals surface area contributed by atoms with Crippen LogP contribution in [-0.4, -0.2) is 10.9 Å². The van der Waals surface area contributed by atoms with Gasteiger partial charge in [-0.2, -0.15) is 0 Å². The minimum absolute atomic E-state index is 0.0206. The van der Waals surface area contributed by atoms with Crippen LogP contribution in [0.2, 0.25) is 0 Å². The number of hydrogen-bond acceptors (Lipinski definition) is 2. The van der Waals surface area contributed by atoms with Gasteiger partial charge in [0.15, 0.2) is 0 Å². The first-order valence-electron chi connectivity index (χ1n) is 9.79. The van der Waals surface area contributed by atoms with Crippen molar-refractivity contribution in [3.63, 3.8) is 0 Å². The lowest BCUT2D eigenvalue weighted by atomic mass is 10.0. The fraction of sp³-hybridized carbons (Fsp3) is 0.200. The van der Waals surface area contributed by atoms with E-state index in [1.54, 1.807) is 6.20 Å². The lowest BCUT2D eigenvalue weighted by Crippen LogP contribution is -2.12. The van der Waals surface area contributed by atoms with Crippen LogP contribution in [0.25, 0.3) is 17.0 Å². The summed E-state index contributed by atoms with van der Waals surface area (Å²) in [5.41, 5.74) is 4.09. The maximum absolute atomic E-state index is 12.5. The quantitative estimate of drug-likeness (QED) is 0.467. The molecular weight excluding hydrogens is 344 g/mol. The first-order chi connectivity index (χ1) is 13.8. The van der Waals surface area contributed by atoms with Crippen LogP contribution >= 0.6 is 0 Å². The molecule has 0 unspecified atom stereocenters. The SMILES string of the molecule is CC/C=C(/CC=Cc1ccccc1)CCC(=O)Nc1cccc2cccnc12. The summed E-state index contributed by atoms with van der Waals surface area (Å²) in [5, 5.41) is 4.04. The lowest BCUT2D eigenvalue weighted by Gasteiger charge is -2.09. The molecule has 0 saturated heterocycles. The fourth-order valence-corrected chi connectivity index (χ4v) is 3.18. The highest BCUT2D eigenvalue weighted by Gasteiger charge is 2.07. The minimum atomic E-state index is 0.0206. The highest BCUT2D eigenvalue weighted by molar-refractivity contribution is 6.00. The van der Waals surface area contributed by atoms with Gasteiger partial charge in [-0.3, -0.25) is 9.78 Å². The maximum Gasteiger partial charge on any atom is 0.224 e. The van der Waals surface area contributed by atoms with Crippen LogP contribution in [0, 0.1) is 0 Å². The van der Waals surface area contributed by atoms with E-state index in [1.807, 2.05) is 48.5 Å². The van der Waals surface area contributed by atoms with Crippen LogP contribution in [0.15, 0.2) is 84.6 Å². The van der Waals surface area contributed by atoms with Gasteiger partial charge in [0.05, 0.1) is 11.2 Å². The highest BCUT2D eigenvalue weighted by Crippen LogP contribution is 2.21. The van der Waals surface area contributed by atoms with Crippen molar-refractivity contribution in [2.75, 3.05) is 5.32 Å².